The first-order valence-corrected chi connectivity index (χ1v) is 9.65. The van der Waals surface area contributed by atoms with E-state index in [2.05, 4.69) is 32.2 Å². The number of nitrogens with two attached hydrogens (primary N) is 1. The Kier molecular flexibility index (Phi) is 8.85. The Hall–Kier alpha value is -4.07. The molecular weight excluding hydrogens is 392 g/mol. The maximum Gasteiger partial charge on any atom is 0.262 e. The van der Waals surface area contributed by atoms with Crippen LogP contribution in [-0.4, -0.2) is 41.1 Å². The fourth-order valence-electron chi connectivity index (χ4n) is 2.47. The summed E-state index contributed by atoms with van der Waals surface area (Å²) in [4.78, 5) is 34.6. The molecule has 8 heteroatoms. The van der Waals surface area contributed by atoms with Gasteiger partial charge in [-0.05, 0) is 36.9 Å². The van der Waals surface area contributed by atoms with Crippen LogP contribution in [0.1, 0.15) is 23.7 Å². The van der Waals surface area contributed by atoms with Crippen LogP contribution < -0.4 is 16.4 Å². The normalized spacial score (nSPS) is 10.6. The van der Waals surface area contributed by atoms with E-state index in [4.69, 9.17) is 5.73 Å². The van der Waals surface area contributed by atoms with Gasteiger partial charge in [0, 0.05) is 31.4 Å². The highest BCUT2D eigenvalue weighted by Gasteiger charge is 2.13. The van der Waals surface area contributed by atoms with Crippen LogP contribution in [0.4, 0.5) is 11.6 Å². The van der Waals surface area contributed by atoms with Gasteiger partial charge < -0.3 is 16.4 Å². The molecule has 0 unspecified atom stereocenters. The average molecular weight is 419 g/mol. The van der Waals surface area contributed by atoms with Crippen molar-refractivity contribution >= 4 is 39.9 Å². The van der Waals surface area contributed by atoms with Gasteiger partial charge in [-0.1, -0.05) is 30.3 Å². The second-order valence-corrected chi connectivity index (χ2v) is 6.45. The Morgan fingerprint density at radius 2 is 1.90 bits per heavy atom. The highest BCUT2D eigenvalue weighted by atomic mass is 16.2. The molecule has 0 atom stereocenters. The second kappa shape index (κ2) is 11.8. The molecule has 0 aliphatic carbocycles. The standard InChI is InChI=1S/C19H18N4O.C4H8N2O/c1-2-3-10-20-18-16(9-6-11-21-18)19(24)23-17-12-14-7-4-5-8-15(14)13-22-17;1-3(6-2)4(5)7/h2,4-9,11-13H,1,3,10H2,(H,20,21)(H,22,23,24);1-2H3,(H2,5,7). The van der Waals surface area contributed by atoms with E-state index in [0.29, 0.717) is 29.5 Å². The molecule has 0 fully saturated rings. The van der Waals surface area contributed by atoms with E-state index in [-0.39, 0.29) is 5.91 Å². The Labute approximate surface area is 181 Å². The third kappa shape index (κ3) is 7.04. The fraction of sp³-hybridized carbons (Fsp3) is 0.174. The number of nitrogens with one attached hydrogen (secondary N) is 2. The monoisotopic (exact) mass is 418 g/mol. The molecule has 0 aliphatic rings. The average Bonchev–Trinajstić information content (AvgIpc) is 2.79. The zero-order valence-electron chi connectivity index (χ0n) is 17.6. The predicted octanol–water partition coefficient (Wildman–Crippen LogP) is 3.43. The highest BCUT2D eigenvalue weighted by Crippen LogP contribution is 2.18. The van der Waals surface area contributed by atoms with Crippen LogP contribution in [0, 0.1) is 0 Å². The fourth-order valence-corrected chi connectivity index (χ4v) is 2.47. The van der Waals surface area contributed by atoms with Gasteiger partial charge in [-0.2, -0.15) is 0 Å². The lowest BCUT2D eigenvalue weighted by Crippen LogP contribution is -2.19. The van der Waals surface area contributed by atoms with Gasteiger partial charge in [-0.15, -0.1) is 6.58 Å². The van der Waals surface area contributed by atoms with Crippen LogP contribution >= 0.6 is 0 Å². The van der Waals surface area contributed by atoms with Gasteiger partial charge in [0.05, 0.1) is 11.3 Å². The molecule has 0 radical (unpaired) electrons. The summed E-state index contributed by atoms with van der Waals surface area (Å²) in [5.74, 6) is 0.367. The first-order chi connectivity index (χ1) is 15.0. The van der Waals surface area contributed by atoms with Crippen LogP contribution in [0.2, 0.25) is 0 Å². The van der Waals surface area contributed by atoms with Crippen LogP contribution in [0.15, 0.2) is 72.5 Å². The molecule has 160 valence electrons. The number of primary amides is 1. The molecule has 0 saturated carbocycles. The van der Waals surface area contributed by atoms with Gasteiger partial charge in [0.15, 0.2) is 0 Å². The molecule has 2 amide bonds. The van der Waals surface area contributed by atoms with Gasteiger partial charge in [-0.3, -0.25) is 14.6 Å². The van der Waals surface area contributed by atoms with Crippen molar-refractivity contribution in [1.29, 1.82) is 0 Å². The minimum atomic E-state index is -0.456. The van der Waals surface area contributed by atoms with Crippen molar-refractivity contribution in [2.45, 2.75) is 13.3 Å². The Morgan fingerprint density at radius 3 is 2.55 bits per heavy atom. The van der Waals surface area contributed by atoms with Gasteiger partial charge >= 0.3 is 0 Å². The van der Waals surface area contributed by atoms with Crippen molar-refractivity contribution < 1.29 is 9.59 Å². The summed E-state index contributed by atoms with van der Waals surface area (Å²) in [7, 11) is 1.53. The molecule has 3 aromatic rings. The lowest BCUT2D eigenvalue weighted by atomic mass is 10.2. The number of carbonyl (C=O) groups is 2. The summed E-state index contributed by atoms with van der Waals surface area (Å²) < 4.78 is 0. The Bertz CT molecular complexity index is 1090. The SMILES string of the molecule is C=CCCNc1ncccc1C(=O)Nc1cc2ccccc2cn1.CN=C(C)C(N)=O. The smallest absolute Gasteiger partial charge is 0.262 e. The van der Waals surface area contributed by atoms with E-state index in [1.807, 2.05) is 36.4 Å². The molecule has 0 aliphatic heterocycles. The molecule has 8 nitrogen and oxygen atoms in total. The molecule has 2 aromatic heterocycles. The van der Waals surface area contributed by atoms with Crippen molar-refractivity contribution in [3.63, 3.8) is 0 Å². The summed E-state index contributed by atoms with van der Waals surface area (Å²) in [6.07, 6.45) is 6.01. The summed E-state index contributed by atoms with van der Waals surface area (Å²) in [6, 6.07) is 13.2. The van der Waals surface area contributed by atoms with Crippen molar-refractivity contribution in [3.8, 4) is 0 Å². The minimum Gasteiger partial charge on any atom is -0.369 e. The number of anilines is 2. The maximum absolute atomic E-state index is 12.6. The molecule has 0 bridgehead atoms. The Morgan fingerprint density at radius 1 is 1.16 bits per heavy atom. The molecular formula is C23H26N6O2. The lowest BCUT2D eigenvalue weighted by molar-refractivity contribution is -0.112. The first kappa shape index (κ1) is 23.2. The number of nitrogens with zero attached hydrogens (tertiary/aromatic N) is 3. The topological polar surface area (TPSA) is 122 Å². The maximum atomic E-state index is 12.6. The summed E-state index contributed by atoms with van der Waals surface area (Å²) in [5, 5.41) is 8.04. The molecule has 0 spiro atoms. The van der Waals surface area contributed by atoms with Gasteiger partial charge in [-0.25, -0.2) is 9.97 Å². The van der Waals surface area contributed by atoms with Crippen LogP contribution in [0.5, 0.6) is 0 Å². The quantitative estimate of drug-likeness (QED) is 0.308. The third-order valence-electron chi connectivity index (χ3n) is 4.26. The zero-order chi connectivity index (χ0) is 22.6. The number of carbonyl (C=O) groups excluding carboxylic acids is 2. The Balaban J connectivity index is 0.000000423. The van der Waals surface area contributed by atoms with E-state index in [9.17, 15) is 9.59 Å². The first-order valence-electron chi connectivity index (χ1n) is 9.65. The molecule has 31 heavy (non-hydrogen) atoms. The molecule has 4 N–H and O–H groups in total. The van der Waals surface area contributed by atoms with E-state index in [1.54, 1.807) is 31.5 Å². The molecule has 0 saturated heterocycles. The van der Waals surface area contributed by atoms with E-state index >= 15 is 0 Å². The van der Waals surface area contributed by atoms with Crippen LogP contribution in [-0.2, 0) is 4.79 Å². The van der Waals surface area contributed by atoms with Crippen LogP contribution in [0.3, 0.4) is 0 Å². The van der Waals surface area contributed by atoms with Crippen LogP contribution in [0.25, 0.3) is 10.8 Å². The highest BCUT2D eigenvalue weighted by molar-refractivity contribution is 6.37. The number of rotatable bonds is 7. The number of benzene rings is 1. The number of hydrogen-bond acceptors (Lipinski definition) is 6. The number of aliphatic imine (C=N–C) groups is 1. The lowest BCUT2D eigenvalue weighted by Gasteiger charge is -2.10. The zero-order valence-corrected chi connectivity index (χ0v) is 17.6. The summed E-state index contributed by atoms with van der Waals surface area (Å²) in [6.45, 7) is 5.93. The second-order valence-electron chi connectivity index (χ2n) is 6.45. The minimum absolute atomic E-state index is 0.244. The van der Waals surface area contributed by atoms with Gasteiger partial charge in [0.25, 0.3) is 11.8 Å². The molecule has 3 rings (SSSR count). The molecule has 2 heterocycles. The number of hydrogen-bond donors (Lipinski definition) is 3. The largest absolute Gasteiger partial charge is 0.369 e. The van der Waals surface area contributed by atoms with Crippen molar-refractivity contribution in [2.75, 3.05) is 24.2 Å². The van der Waals surface area contributed by atoms with Gasteiger partial charge in [0.1, 0.15) is 11.6 Å². The van der Waals surface area contributed by atoms with E-state index in [0.717, 1.165) is 17.2 Å². The summed E-state index contributed by atoms with van der Waals surface area (Å²) in [5.41, 5.74) is 5.62. The predicted molar refractivity (Wildman–Crippen MR) is 125 cm³/mol. The third-order valence-corrected chi connectivity index (χ3v) is 4.26. The van der Waals surface area contributed by atoms with E-state index in [1.165, 1.54) is 7.05 Å². The van der Waals surface area contributed by atoms with Gasteiger partial charge in [0.2, 0.25) is 0 Å². The van der Waals surface area contributed by atoms with E-state index < -0.39 is 5.91 Å². The number of amides is 2. The number of aromatic nitrogens is 2. The van der Waals surface area contributed by atoms with Crippen molar-refractivity contribution in [2.24, 2.45) is 10.7 Å². The summed E-state index contributed by atoms with van der Waals surface area (Å²) >= 11 is 0. The van der Waals surface area contributed by atoms with Crippen molar-refractivity contribution in [3.05, 3.63) is 73.1 Å². The van der Waals surface area contributed by atoms with Crippen molar-refractivity contribution in [1.82, 2.24) is 9.97 Å². The number of pyridine rings is 2. The number of fused-ring (bicyclic) bond motifs is 1. The molecule has 1 aromatic carbocycles.